The fourth-order valence-electron chi connectivity index (χ4n) is 0.250. The Balaban J connectivity index is 2.83. The fourth-order valence-corrected chi connectivity index (χ4v) is 0.250. The summed E-state index contributed by atoms with van der Waals surface area (Å²) in [6.07, 6.45) is -0.447. The highest BCUT2D eigenvalue weighted by Crippen LogP contribution is 1.65. The lowest BCUT2D eigenvalue weighted by atomic mass is 10.4. The van der Waals surface area contributed by atoms with E-state index in [1.165, 1.54) is 0 Å². The first-order valence-electron chi connectivity index (χ1n) is 2.19. The largest absolute Gasteiger partial charge is 0.386 e. The molecule has 0 aliphatic heterocycles. The van der Waals surface area contributed by atoms with Gasteiger partial charge in [0, 0.05) is 6.54 Å². The van der Waals surface area contributed by atoms with Crippen molar-refractivity contribution in [1.29, 1.82) is 0 Å². The molecule has 0 aromatic carbocycles. The lowest BCUT2D eigenvalue weighted by Crippen LogP contribution is -2.80. The summed E-state index contributed by atoms with van der Waals surface area (Å²) in [7, 11) is 3.31. The first kappa shape index (κ1) is 6.88. The molecule has 0 aliphatic carbocycles. The number of hydrogen-bond donors (Lipinski definition) is 3. The Morgan fingerprint density at radius 2 is 2.43 bits per heavy atom. The van der Waals surface area contributed by atoms with E-state index in [0.717, 1.165) is 0 Å². The van der Waals surface area contributed by atoms with Gasteiger partial charge in [0.05, 0.1) is 0 Å². The van der Waals surface area contributed by atoms with Crippen molar-refractivity contribution in [3.8, 4) is 0 Å². The van der Waals surface area contributed by atoms with E-state index in [0.29, 0.717) is 13.1 Å². The van der Waals surface area contributed by atoms with Crippen molar-refractivity contribution < 1.29 is 10.4 Å². The van der Waals surface area contributed by atoms with Gasteiger partial charge in [-0.15, -0.1) is 7.05 Å². The maximum atomic E-state index is 8.63. The summed E-state index contributed by atoms with van der Waals surface area (Å²) in [5.74, 6) is 0. The summed E-state index contributed by atoms with van der Waals surface area (Å²) in [5.41, 5.74) is 5.04. The third kappa shape index (κ3) is 3.72. The molecule has 0 aliphatic rings. The molecular weight excluding hydrogens is 92.1 g/mol. The minimum Gasteiger partial charge on any atom is -0.386 e. The van der Waals surface area contributed by atoms with Gasteiger partial charge in [0.15, 0.2) is 0 Å². The zero-order chi connectivity index (χ0) is 5.70. The molecule has 0 saturated heterocycles. The van der Waals surface area contributed by atoms with Crippen molar-refractivity contribution >= 4 is 0 Å². The van der Waals surface area contributed by atoms with Gasteiger partial charge in [0.2, 0.25) is 0 Å². The van der Waals surface area contributed by atoms with E-state index in [9.17, 15) is 0 Å². The Hall–Kier alpha value is -0.120. The predicted octanol–water partition coefficient (Wildman–Crippen LogP) is -2.55. The molecule has 1 radical (unpaired) electrons. The minimum absolute atomic E-state index is 0.294. The van der Waals surface area contributed by atoms with Crippen LogP contribution < -0.4 is 11.1 Å². The van der Waals surface area contributed by atoms with E-state index >= 15 is 0 Å². The van der Waals surface area contributed by atoms with Crippen LogP contribution in [-0.2, 0) is 0 Å². The maximum Gasteiger partial charge on any atom is 0.120 e. The Morgan fingerprint density at radius 3 is 2.57 bits per heavy atom. The van der Waals surface area contributed by atoms with Gasteiger partial charge in [-0.3, -0.25) is 0 Å². The Morgan fingerprint density at radius 1 is 1.86 bits per heavy atom. The molecular formula is C4H11N2O. The van der Waals surface area contributed by atoms with Crippen LogP contribution in [0.1, 0.15) is 0 Å². The molecule has 4 N–H and O–H groups in total. The van der Waals surface area contributed by atoms with Gasteiger partial charge in [0.1, 0.15) is 12.6 Å². The molecule has 0 aromatic rings. The normalized spacial score (nSPS) is 14.1. The number of rotatable bonds is 3. The van der Waals surface area contributed by atoms with Gasteiger partial charge in [-0.1, -0.05) is 0 Å². The predicted molar refractivity (Wildman–Crippen MR) is 26.2 cm³/mol. The lowest BCUT2D eigenvalue weighted by molar-refractivity contribution is -0.602. The third-order valence-corrected chi connectivity index (χ3v) is 0.652. The molecule has 3 heteroatoms. The van der Waals surface area contributed by atoms with Crippen LogP contribution >= 0.6 is 0 Å². The second-order valence-electron chi connectivity index (χ2n) is 1.34. The van der Waals surface area contributed by atoms with Crippen LogP contribution in [0.3, 0.4) is 0 Å². The summed E-state index contributed by atoms with van der Waals surface area (Å²) in [6, 6.07) is 0. The van der Waals surface area contributed by atoms with E-state index in [-0.39, 0.29) is 0 Å². The molecule has 0 rings (SSSR count). The molecule has 3 nitrogen and oxygen atoms in total. The summed E-state index contributed by atoms with van der Waals surface area (Å²) in [5, 5.41) is 11.2. The van der Waals surface area contributed by atoms with Crippen molar-refractivity contribution in [2.75, 3.05) is 13.1 Å². The van der Waals surface area contributed by atoms with Crippen molar-refractivity contribution in [3.63, 3.8) is 0 Å². The zero-order valence-corrected chi connectivity index (χ0v) is 4.22. The lowest BCUT2D eigenvalue weighted by Gasteiger charge is -2.00. The summed E-state index contributed by atoms with van der Waals surface area (Å²) in [4.78, 5) is 0. The Kier molecular flexibility index (Phi) is 3.98. The van der Waals surface area contributed by atoms with Crippen LogP contribution in [0.2, 0.25) is 0 Å². The molecule has 1 unspecified atom stereocenters. The first-order chi connectivity index (χ1) is 3.31. The summed E-state index contributed by atoms with van der Waals surface area (Å²) in [6.45, 7) is 0.763. The number of nitrogens with one attached hydrogen (secondary N) is 1. The highest BCUT2D eigenvalue weighted by molar-refractivity contribution is 4.48. The number of aliphatic hydroxyl groups is 1. The van der Waals surface area contributed by atoms with E-state index < -0.39 is 6.10 Å². The summed E-state index contributed by atoms with van der Waals surface area (Å²) >= 11 is 0. The third-order valence-electron chi connectivity index (χ3n) is 0.652. The van der Waals surface area contributed by atoms with Crippen LogP contribution in [0.5, 0.6) is 0 Å². The SMILES string of the molecule is [CH2-][NH+]CC(O)CN. The molecule has 0 amide bonds. The monoisotopic (exact) mass is 103 g/mol. The number of hydrogen-bond acceptors (Lipinski definition) is 3. The quantitative estimate of drug-likeness (QED) is 0.344. The van der Waals surface area contributed by atoms with Gasteiger partial charge < -0.3 is 16.2 Å². The standard InChI is InChI=1S/C4H11N2O/c1-6-3-4(7)2-5/h4,6-7H,1-3,5H2. The van der Waals surface area contributed by atoms with Crippen LogP contribution in [0, 0.1) is 7.05 Å². The highest BCUT2D eigenvalue weighted by Gasteiger charge is 1.97. The molecule has 0 saturated carbocycles. The molecule has 0 spiro atoms. The van der Waals surface area contributed by atoms with Crippen molar-refractivity contribution in [2.24, 2.45) is 5.73 Å². The van der Waals surface area contributed by atoms with Crippen molar-refractivity contribution in [2.45, 2.75) is 6.10 Å². The Labute approximate surface area is 43.5 Å². The zero-order valence-electron chi connectivity index (χ0n) is 4.22. The number of aliphatic hydroxyl groups excluding tert-OH is 1. The smallest absolute Gasteiger partial charge is 0.120 e. The number of nitrogens with two attached hydrogens (primary N) is 1. The van der Waals surface area contributed by atoms with Gasteiger partial charge in [-0.25, -0.2) is 0 Å². The van der Waals surface area contributed by atoms with E-state index in [2.05, 4.69) is 12.4 Å². The molecule has 0 heterocycles. The van der Waals surface area contributed by atoms with Crippen molar-refractivity contribution in [1.82, 2.24) is 0 Å². The average molecular weight is 103 g/mol. The molecule has 0 fully saturated rings. The average Bonchev–Trinajstić information content (AvgIpc) is 1.68. The van der Waals surface area contributed by atoms with Gasteiger partial charge in [0.25, 0.3) is 0 Å². The van der Waals surface area contributed by atoms with Crippen LogP contribution in [0.4, 0.5) is 0 Å². The second kappa shape index (κ2) is 4.05. The first-order valence-corrected chi connectivity index (χ1v) is 2.19. The van der Waals surface area contributed by atoms with Crippen LogP contribution in [0.15, 0.2) is 0 Å². The van der Waals surface area contributed by atoms with E-state index in [4.69, 9.17) is 10.8 Å². The topological polar surface area (TPSA) is 61.8 Å². The molecule has 7 heavy (non-hydrogen) atoms. The van der Waals surface area contributed by atoms with E-state index in [1.54, 1.807) is 0 Å². The van der Waals surface area contributed by atoms with Gasteiger partial charge in [-0.2, -0.15) is 0 Å². The van der Waals surface area contributed by atoms with Gasteiger partial charge in [-0.05, 0) is 0 Å². The Bertz CT molecular complexity index is 40.7. The molecule has 0 bridgehead atoms. The fraction of sp³-hybridized carbons (Fsp3) is 0.750. The molecule has 0 aromatic heterocycles. The molecule has 43 valence electrons. The van der Waals surface area contributed by atoms with Gasteiger partial charge >= 0.3 is 0 Å². The maximum absolute atomic E-state index is 8.63. The minimum atomic E-state index is -0.447. The highest BCUT2D eigenvalue weighted by atomic mass is 16.3. The van der Waals surface area contributed by atoms with Crippen molar-refractivity contribution in [3.05, 3.63) is 7.05 Å². The summed E-state index contributed by atoms with van der Waals surface area (Å²) < 4.78 is 0. The van der Waals surface area contributed by atoms with Crippen LogP contribution in [0.25, 0.3) is 0 Å². The second-order valence-corrected chi connectivity index (χ2v) is 1.34. The molecule has 1 atom stereocenters. The van der Waals surface area contributed by atoms with Crippen LogP contribution in [-0.4, -0.2) is 24.3 Å². The van der Waals surface area contributed by atoms with E-state index in [1.807, 2.05) is 0 Å².